The Morgan fingerprint density at radius 1 is 1.30 bits per heavy atom. The number of rotatable bonds is 4. The van der Waals surface area contributed by atoms with Crippen molar-refractivity contribution in [3.63, 3.8) is 0 Å². The van der Waals surface area contributed by atoms with Gasteiger partial charge in [-0.25, -0.2) is 0 Å². The lowest BCUT2D eigenvalue weighted by molar-refractivity contribution is -0.160. The normalized spacial score (nSPS) is 21.1. The molecule has 0 saturated carbocycles. The second-order valence-electron chi connectivity index (χ2n) is 5.79. The van der Waals surface area contributed by atoms with Crippen LogP contribution in [0, 0.1) is 19.8 Å². The summed E-state index contributed by atoms with van der Waals surface area (Å²) in [5.41, 5.74) is 2.18. The van der Waals surface area contributed by atoms with Gasteiger partial charge in [0.25, 0.3) is 5.89 Å². The zero-order chi connectivity index (χ0) is 16.2. The van der Waals surface area contributed by atoms with E-state index in [0.717, 1.165) is 18.4 Å². The third-order valence-corrected chi connectivity index (χ3v) is 3.94. The van der Waals surface area contributed by atoms with Gasteiger partial charge in [-0.05, 0) is 32.3 Å². The molecule has 0 bridgehead atoms. The highest BCUT2D eigenvalue weighted by Gasteiger charge is 2.34. The van der Waals surface area contributed by atoms with E-state index in [1.165, 1.54) is 5.56 Å². The quantitative estimate of drug-likeness (QED) is 0.807. The smallest absolute Gasteiger partial charge is 0.312 e. The number of hydrogen-bond donors (Lipinski definition) is 0. The molecule has 0 radical (unpaired) electrons. The van der Waals surface area contributed by atoms with Gasteiger partial charge in [0.05, 0.1) is 12.0 Å². The van der Waals surface area contributed by atoms with Gasteiger partial charge >= 0.3 is 5.97 Å². The summed E-state index contributed by atoms with van der Waals surface area (Å²) in [6.45, 7) is 4.41. The van der Waals surface area contributed by atoms with Gasteiger partial charge in [-0.3, -0.25) is 4.79 Å². The Kier molecular flexibility index (Phi) is 4.71. The van der Waals surface area contributed by atoms with Crippen molar-refractivity contribution in [2.24, 2.45) is 5.92 Å². The molecule has 1 saturated heterocycles. The molecular weight excluding hydrogens is 296 g/mol. The van der Waals surface area contributed by atoms with E-state index in [-0.39, 0.29) is 24.6 Å². The van der Waals surface area contributed by atoms with Crippen LogP contribution in [0.2, 0.25) is 0 Å². The number of carbonyl (C=O) groups is 1. The summed E-state index contributed by atoms with van der Waals surface area (Å²) in [5, 5.41) is 3.68. The number of ether oxygens (including phenoxy) is 2. The highest BCUT2D eigenvalue weighted by atomic mass is 16.6. The predicted molar refractivity (Wildman–Crippen MR) is 81.4 cm³/mol. The van der Waals surface area contributed by atoms with Crippen LogP contribution in [0.4, 0.5) is 0 Å². The summed E-state index contributed by atoms with van der Waals surface area (Å²) in [6, 6.07) is 8.06. The number of aryl methyl sites for hydroxylation is 2. The summed E-state index contributed by atoms with van der Waals surface area (Å²) in [7, 11) is 0. The van der Waals surface area contributed by atoms with Gasteiger partial charge in [0.15, 0.2) is 12.4 Å². The fourth-order valence-electron chi connectivity index (χ4n) is 2.75. The van der Waals surface area contributed by atoms with E-state index < -0.39 is 0 Å². The number of aromatic nitrogens is 2. The van der Waals surface area contributed by atoms with Crippen LogP contribution in [0.25, 0.3) is 0 Å². The van der Waals surface area contributed by atoms with Crippen LogP contribution < -0.4 is 0 Å². The largest absolute Gasteiger partial charge is 0.455 e. The molecule has 0 unspecified atom stereocenters. The summed E-state index contributed by atoms with van der Waals surface area (Å²) >= 11 is 0. The first-order valence-electron chi connectivity index (χ1n) is 7.77. The van der Waals surface area contributed by atoms with Gasteiger partial charge in [0.1, 0.15) is 0 Å². The lowest BCUT2D eigenvalue weighted by atomic mass is 9.89. The third-order valence-electron chi connectivity index (χ3n) is 3.94. The van der Waals surface area contributed by atoms with E-state index in [9.17, 15) is 4.79 Å². The van der Waals surface area contributed by atoms with E-state index in [4.69, 9.17) is 14.0 Å². The number of benzene rings is 1. The van der Waals surface area contributed by atoms with Crippen molar-refractivity contribution >= 4 is 5.97 Å². The van der Waals surface area contributed by atoms with E-state index in [1.54, 1.807) is 6.92 Å². The van der Waals surface area contributed by atoms with Gasteiger partial charge in [-0.15, -0.1) is 0 Å². The summed E-state index contributed by atoms with van der Waals surface area (Å²) in [4.78, 5) is 16.5. The van der Waals surface area contributed by atoms with Crippen molar-refractivity contribution in [2.45, 2.75) is 39.4 Å². The molecule has 6 nitrogen and oxygen atoms in total. The fourth-order valence-corrected chi connectivity index (χ4v) is 2.75. The molecule has 3 rings (SSSR count). The van der Waals surface area contributed by atoms with E-state index in [2.05, 4.69) is 10.1 Å². The topological polar surface area (TPSA) is 74.5 Å². The fraction of sp³-hybridized carbons (Fsp3) is 0.471. The summed E-state index contributed by atoms with van der Waals surface area (Å²) in [6.07, 6.45) is 1.34. The van der Waals surface area contributed by atoms with Crippen LogP contribution in [0.1, 0.15) is 41.8 Å². The minimum absolute atomic E-state index is 0.00318. The van der Waals surface area contributed by atoms with Crippen molar-refractivity contribution in [3.05, 3.63) is 47.1 Å². The SMILES string of the molecule is Cc1ccc([C@@H]2OCCC[C@H]2C(=O)OCc2nc(C)no2)cc1. The molecule has 1 aromatic carbocycles. The molecule has 0 amide bonds. The second kappa shape index (κ2) is 6.91. The molecule has 1 fully saturated rings. The second-order valence-corrected chi connectivity index (χ2v) is 5.79. The maximum atomic E-state index is 12.4. The van der Waals surface area contributed by atoms with Crippen LogP contribution in [-0.4, -0.2) is 22.7 Å². The lowest BCUT2D eigenvalue weighted by Gasteiger charge is -2.30. The first-order chi connectivity index (χ1) is 11.1. The van der Waals surface area contributed by atoms with Crippen molar-refractivity contribution in [2.75, 3.05) is 6.61 Å². The summed E-state index contributed by atoms with van der Waals surface area (Å²) in [5.74, 6) is 0.232. The van der Waals surface area contributed by atoms with Crippen molar-refractivity contribution in [3.8, 4) is 0 Å². The average molecular weight is 316 g/mol. The Bertz CT molecular complexity index is 665. The molecule has 6 heteroatoms. The monoisotopic (exact) mass is 316 g/mol. The van der Waals surface area contributed by atoms with E-state index in [0.29, 0.717) is 18.3 Å². The Hall–Kier alpha value is -2.21. The first-order valence-corrected chi connectivity index (χ1v) is 7.77. The highest BCUT2D eigenvalue weighted by Crippen LogP contribution is 2.34. The van der Waals surface area contributed by atoms with Gasteiger partial charge in [0, 0.05) is 6.61 Å². The molecule has 122 valence electrons. The van der Waals surface area contributed by atoms with Gasteiger partial charge in [0.2, 0.25) is 0 Å². The van der Waals surface area contributed by atoms with Crippen LogP contribution in [0.15, 0.2) is 28.8 Å². The van der Waals surface area contributed by atoms with Crippen molar-refractivity contribution in [1.29, 1.82) is 0 Å². The van der Waals surface area contributed by atoms with Crippen LogP contribution >= 0.6 is 0 Å². The highest BCUT2D eigenvalue weighted by molar-refractivity contribution is 5.73. The van der Waals surface area contributed by atoms with Crippen LogP contribution in [-0.2, 0) is 20.9 Å². The zero-order valence-corrected chi connectivity index (χ0v) is 13.3. The standard InChI is InChI=1S/C17H20N2O4/c1-11-5-7-13(8-6-11)16-14(4-3-9-21-16)17(20)22-10-15-18-12(2)19-23-15/h5-8,14,16H,3-4,9-10H2,1-2H3/t14-,16+/m1/s1. The minimum atomic E-state index is -0.310. The Morgan fingerprint density at radius 2 is 2.09 bits per heavy atom. The van der Waals surface area contributed by atoms with Gasteiger partial charge < -0.3 is 14.0 Å². The molecule has 2 heterocycles. The predicted octanol–water partition coefficient (Wildman–Crippen LogP) is 2.90. The maximum absolute atomic E-state index is 12.4. The zero-order valence-electron chi connectivity index (χ0n) is 13.3. The van der Waals surface area contributed by atoms with Gasteiger partial charge in [-0.2, -0.15) is 4.98 Å². The Morgan fingerprint density at radius 3 is 2.78 bits per heavy atom. The van der Waals surface area contributed by atoms with Gasteiger partial charge in [-0.1, -0.05) is 35.0 Å². The lowest BCUT2D eigenvalue weighted by Crippen LogP contribution is -2.30. The molecular formula is C17H20N2O4. The van der Waals surface area contributed by atoms with E-state index >= 15 is 0 Å². The van der Waals surface area contributed by atoms with Crippen molar-refractivity contribution in [1.82, 2.24) is 10.1 Å². The summed E-state index contributed by atoms with van der Waals surface area (Å²) < 4.78 is 16.1. The van der Waals surface area contributed by atoms with Crippen LogP contribution in [0.3, 0.4) is 0 Å². The maximum Gasteiger partial charge on any atom is 0.312 e. The van der Waals surface area contributed by atoms with Crippen LogP contribution in [0.5, 0.6) is 0 Å². The molecule has 2 atom stereocenters. The number of carbonyl (C=O) groups excluding carboxylic acids is 1. The number of hydrogen-bond acceptors (Lipinski definition) is 6. The molecule has 0 spiro atoms. The molecule has 1 aromatic heterocycles. The Balaban J connectivity index is 1.67. The number of nitrogens with zero attached hydrogens (tertiary/aromatic N) is 2. The molecule has 1 aliphatic heterocycles. The van der Waals surface area contributed by atoms with E-state index in [1.807, 2.05) is 31.2 Å². The number of esters is 1. The van der Waals surface area contributed by atoms with Crippen molar-refractivity contribution < 1.29 is 18.8 Å². The molecule has 2 aromatic rings. The molecule has 0 N–H and O–H groups in total. The molecule has 1 aliphatic rings. The Labute approximate surface area is 134 Å². The average Bonchev–Trinajstić information content (AvgIpc) is 2.99. The minimum Gasteiger partial charge on any atom is -0.455 e. The molecule has 23 heavy (non-hydrogen) atoms. The first kappa shape index (κ1) is 15.7. The molecule has 0 aliphatic carbocycles. The third kappa shape index (κ3) is 3.76.